The van der Waals surface area contributed by atoms with Crippen LogP contribution < -0.4 is 4.46 Å². The third-order valence-electron chi connectivity index (χ3n) is 4.09. The van der Waals surface area contributed by atoms with Gasteiger partial charge in [0.1, 0.15) is 0 Å². The zero-order valence-electron chi connectivity index (χ0n) is 12.0. The second-order valence-corrected chi connectivity index (χ2v) is 9.69. The van der Waals surface area contributed by atoms with Gasteiger partial charge in [0.25, 0.3) is 0 Å². The van der Waals surface area contributed by atoms with E-state index in [1.54, 1.807) is 0 Å². The monoisotopic (exact) mass is 454 g/mol. The zero-order chi connectivity index (χ0) is 14.7. The van der Waals surface area contributed by atoms with Gasteiger partial charge in [-0.2, -0.15) is 0 Å². The summed E-state index contributed by atoms with van der Waals surface area (Å²) in [7, 11) is 0. The summed E-state index contributed by atoms with van der Waals surface area (Å²) in [6, 6.07) is 19.6. The molecule has 1 fully saturated rings. The van der Waals surface area contributed by atoms with Crippen LogP contribution in [0.15, 0.2) is 66.7 Å². The number of benzene rings is 2. The van der Waals surface area contributed by atoms with E-state index in [1.807, 2.05) is 0 Å². The molecule has 0 nitrogen and oxygen atoms in total. The molecule has 2 aromatic carbocycles. The molecule has 108 valence electrons. The van der Waals surface area contributed by atoms with Gasteiger partial charge in [0, 0.05) is 0 Å². The normalized spacial score (nSPS) is 20.8. The predicted octanol–water partition coefficient (Wildman–Crippen LogP) is 4.62. The molecule has 2 heteroatoms. The van der Waals surface area contributed by atoms with Crippen molar-refractivity contribution in [2.75, 3.05) is 0 Å². The maximum atomic E-state index is 4.36. The van der Waals surface area contributed by atoms with Crippen LogP contribution in [0.4, 0.5) is 0 Å². The van der Waals surface area contributed by atoms with Gasteiger partial charge in [0.15, 0.2) is 0 Å². The van der Waals surface area contributed by atoms with Gasteiger partial charge in [0.2, 0.25) is 0 Å². The summed E-state index contributed by atoms with van der Waals surface area (Å²) in [6.07, 6.45) is 3.74. The Morgan fingerprint density at radius 3 is 2.43 bits per heavy atom. The van der Waals surface area contributed by atoms with E-state index in [2.05, 4.69) is 83.8 Å². The molecule has 2 aromatic rings. The Balaban J connectivity index is 1.50. The molecule has 0 bridgehead atoms. The van der Waals surface area contributed by atoms with Crippen LogP contribution in [0.1, 0.15) is 18.4 Å². The van der Waals surface area contributed by atoms with Crippen molar-refractivity contribution in [2.24, 2.45) is 5.92 Å². The SMILES string of the molecule is C=C(Cc1ccccc1I)C1CC([Se]c2ccccc2)C1. The summed E-state index contributed by atoms with van der Waals surface area (Å²) in [4.78, 5) is 0.913. The second-order valence-electron chi connectivity index (χ2n) is 5.65. The molecule has 1 aliphatic carbocycles. The number of hydrogen-bond acceptors (Lipinski definition) is 0. The van der Waals surface area contributed by atoms with Crippen LogP contribution in [0.25, 0.3) is 0 Å². The van der Waals surface area contributed by atoms with Crippen molar-refractivity contribution < 1.29 is 0 Å². The van der Waals surface area contributed by atoms with Crippen LogP contribution in [0.5, 0.6) is 0 Å². The number of hydrogen-bond donors (Lipinski definition) is 0. The molecule has 0 unspecified atom stereocenters. The summed E-state index contributed by atoms with van der Waals surface area (Å²) >= 11 is 3.07. The fourth-order valence-corrected chi connectivity index (χ4v) is 6.14. The Morgan fingerprint density at radius 1 is 1.05 bits per heavy atom. The van der Waals surface area contributed by atoms with Crippen LogP contribution in [0, 0.1) is 9.49 Å². The molecule has 0 aromatic heterocycles. The van der Waals surface area contributed by atoms with Crippen LogP contribution >= 0.6 is 22.6 Å². The standard InChI is InChI=1S/C19H19ISe/c1-14(11-15-7-5-6-10-19(15)20)16-12-18(13-16)21-17-8-3-2-4-9-17/h2-10,16,18H,1,11-13H2. The van der Waals surface area contributed by atoms with E-state index in [9.17, 15) is 0 Å². The Labute approximate surface area is 147 Å². The molecule has 0 heterocycles. The van der Waals surface area contributed by atoms with E-state index in [-0.39, 0.29) is 0 Å². The number of rotatable bonds is 5. The van der Waals surface area contributed by atoms with Crippen LogP contribution in [-0.4, -0.2) is 15.0 Å². The molecular formula is C19H19ISe. The average molecular weight is 453 g/mol. The van der Waals surface area contributed by atoms with Crippen molar-refractivity contribution in [3.63, 3.8) is 0 Å². The maximum absolute atomic E-state index is 4.36. The van der Waals surface area contributed by atoms with Gasteiger partial charge in [-0.1, -0.05) is 0 Å². The van der Waals surface area contributed by atoms with E-state index >= 15 is 0 Å². The van der Waals surface area contributed by atoms with Gasteiger partial charge in [-0.3, -0.25) is 0 Å². The first-order chi connectivity index (χ1) is 10.2. The molecular weight excluding hydrogens is 434 g/mol. The number of halogens is 1. The zero-order valence-corrected chi connectivity index (χ0v) is 15.8. The predicted molar refractivity (Wildman–Crippen MR) is 100 cm³/mol. The Kier molecular flexibility index (Phi) is 5.20. The van der Waals surface area contributed by atoms with Gasteiger partial charge < -0.3 is 0 Å². The molecule has 0 aliphatic heterocycles. The molecule has 1 saturated carbocycles. The van der Waals surface area contributed by atoms with E-state index in [4.69, 9.17) is 0 Å². The first-order valence-corrected chi connectivity index (χ1v) is 10.3. The first kappa shape index (κ1) is 15.3. The quantitative estimate of drug-likeness (QED) is 0.352. The van der Waals surface area contributed by atoms with E-state index in [1.165, 1.54) is 32.0 Å². The summed E-state index contributed by atoms with van der Waals surface area (Å²) in [5.74, 6) is 0.747. The van der Waals surface area contributed by atoms with Crippen molar-refractivity contribution in [1.82, 2.24) is 0 Å². The first-order valence-electron chi connectivity index (χ1n) is 7.35. The van der Waals surface area contributed by atoms with Gasteiger partial charge in [-0.05, 0) is 0 Å². The van der Waals surface area contributed by atoms with Crippen molar-refractivity contribution in [3.05, 3.63) is 75.9 Å². The molecule has 0 saturated heterocycles. The second kappa shape index (κ2) is 7.13. The van der Waals surface area contributed by atoms with E-state index < -0.39 is 0 Å². The van der Waals surface area contributed by atoms with Crippen molar-refractivity contribution in [1.29, 1.82) is 0 Å². The van der Waals surface area contributed by atoms with Gasteiger partial charge >= 0.3 is 148 Å². The van der Waals surface area contributed by atoms with Crippen molar-refractivity contribution >= 4 is 42.0 Å². The number of allylic oxidation sites excluding steroid dienone is 1. The molecule has 1 aliphatic rings. The van der Waals surface area contributed by atoms with Gasteiger partial charge in [-0.15, -0.1) is 0 Å². The van der Waals surface area contributed by atoms with Gasteiger partial charge in [0.05, 0.1) is 0 Å². The van der Waals surface area contributed by atoms with Crippen LogP contribution in [0.3, 0.4) is 0 Å². The molecule has 21 heavy (non-hydrogen) atoms. The molecule has 0 spiro atoms. The van der Waals surface area contributed by atoms with Crippen molar-refractivity contribution in [3.8, 4) is 0 Å². The third-order valence-corrected chi connectivity index (χ3v) is 7.79. The summed E-state index contributed by atoms with van der Waals surface area (Å²) in [5.41, 5.74) is 2.86. The summed E-state index contributed by atoms with van der Waals surface area (Å²) < 4.78 is 2.90. The third kappa shape index (κ3) is 4.00. The molecule has 3 rings (SSSR count). The summed E-state index contributed by atoms with van der Waals surface area (Å²) in [5, 5.41) is 0. The Bertz CT molecular complexity index is 614. The fourth-order valence-electron chi connectivity index (χ4n) is 2.72. The van der Waals surface area contributed by atoms with Crippen LogP contribution in [0.2, 0.25) is 4.82 Å². The molecule has 0 radical (unpaired) electrons. The Morgan fingerprint density at radius 2 is 1.71 bits per heavy atom. The minimum absolute atomic E-state index is 0.638. The van der Waals surface area contributed by atoms with Crippen LogP contribution in [-0.2, 0) is 6.42 Å². The van der Waals surface area contributed by atoms with E-state index in [0.717, 1.165) is 17.2 Å². The average Bonchev–Trinajstić information content (AvgIpc) is 2.46. The summed E-state index contributed by atoms with van der Waals surface area (Å²) in [6.45, 7) is 4.36. The van der Waals surface area contributed by atoms with Crippen molar-refractivity contribution in [2.45, 2.75) is 24.1 Å². The molecule has 0 N–H and O–H groups in total. The fraction of sp³-hybridized carbons (Fsp3) is 0.263. The van der Waals surface area contributed by atoms with E-state index in [0.29, 0.717) is 15.0 Å². The van der Waals surface area contributed by atoms with Gasteiger partial charge in [-0.25, -0.2) is 0 Å². The Hall–Kier alpha value is -0.571. The molecule has 0 atom stereocenters. The molecule has 0 amide bonds. The minimum atomic E-state index is 0.638. The topological polar surface area (TPSA) is 0 Å².